The van der Waals surface area contributed by atoms with Crippen LogP contribution in [0.15, 0.2) is 0 Å². The molecular weight excluding hydrogens is 226 g/mol. The number of carbonyl (C=O) groups excluding carboxylic acids is 1. The smallest absolute Gasteiger partial charge is 0.133 e. The third kappa shape index (κ3) is 2.94. The van der Waals surface area contributed by atoms with Crippen LogP contribution in [-0.4, -0.2) is 21.9 Å². The van der Waals surface area contributed by atoms with Gasteiger partial charge in [0.25, 0.3) is 0 Å². The Labute approximate surface area is 101 Å². The van der Waals surface area contributed by atoms with Gasteiger partial charge in [0.05, 0.1) is 0 Å². The van der Waals surface area contributed by atoms with E-state index in [9.17, 15) is 4.79 Å². The van der Waals surface area contributed by atoms with Crippen molar-refractivity contribution < 1.29 is 4.79 Å². The van der Waals surface area contributed by atoms with E-state index in [1.165, 1.54) is 19.3 Å². The van der Waals surface area contributed by atoms with E-state index in [1.807, 2.05) is 0 Å². The van der Waals surface area contributed by atoms with E-state index in [0.717, 1.165) is 16.5 Å². The second kappa shape index (κ2) is 4.83. The number of carbonyl (C=O) groups is 1. The molecule has 2 fully saturated rings. The van der Waals surface area contributed by atoms with E-state index in [4.69, 9.17) is 12.2 Å². The lowest BCUT2D eigenvalue weighted by molar-refractivity contribution is -0.118. The van der Waals surface area contributed by atoms with Crippen molar-refractivity contribution in [3.8, 4) is 0 Å². The predicted molar refractivity (Wildman–Crippen MR) is 68.1 cm³/mol. The highest BCUT2D eigenvalue weighted by molar-refractivity contribution is 8.22. The van der Waals surface area contributed by atoms with Gasteiger partial charge in [-0.05, 0) is 32.1 Å². The lowest BCUT2D eigenvalue weighted by atomic mass is 10.0. The second-order valence-corrected chi connectivity index (χ2v) is 6.27. The molecule has 0 aromatic rings. The molecule has 2 rings (SSSR count). The highest BCUT2D eigenvalue weighted by atomic mass is 32.2. The first kappa shape index (κ1) is 11.4. The van der Waals surface area contributed by atoms with Gasteiger partial charge in [-0.1, -0.05) is 30.4 Å². The van der Waals surface area contributed by atoms with E-state index in [2.05, 4.69) is 5.32 Å². The number of Topliss-reactive ketones (excluding diaryl/α,β-unsaturated/α-hetero) is 1. The minimum Gasteiger partial charge on any atom is -0.368 e. The minimum absolute atomic E-state index is 0.315. The number of hydrogen-bond acceptors (Lipinski definition) is 3. The Morgan fingerprint density at radius 1 is 1.53 bits per heavy atom. The van der Waals surface area contributed by atoms with Crippen LogP contribution in [0.1, 0.15) is 32.6 Å². The normalized spacial score (nSPS) is 36.3. The Kier molecular flexibility index (Phi) is 3.67. The average Bonchev–Trinajstić information content (AvgIpc) is 2.90. The monoisotopic (exact) mass is 243 g/mol. The molecule has 15 heavy (non-hydrogen) atoms. The molecule has 2 unspecified atom stereocenters. The van der Waals surface area contributed by atoms with Crippen LogP contribution in [0.3, 0.4) is 0 Å². The third-order valence-electron chi connectivity index (χ3n) is 3.32. The molecule has 0 bridgehead atoms. The Morgan fingerprint density at radius 2 is 2.33 bits per heavy atom. The molecule has 1 aliphatic heterocycles. The zero-order chi connectivity index (χ0) is 10.8. The maximum atomic E-state index is 11.2. The molecule has 0 spiro atoms. The van der Waals surface area contributed by atoms with Crippen LogP contribution in [0.2, 0.25) is 0 Å². The van der Waals surface area contributed by atoms with Crippen molar-refractivity contribution in [3.05, 3.63) is 0 Å². The molecule has 1 heterocycles. The van der Waals surface area contributed by atoms with E-state index in [0.29, 0.717) is 23.7 Å². The molecule has 0 aromatic heterocycles. The Bertz CT molecular complexity index is 280. The molecule has 0 aromatic carbocycles. The Hall–Kier alpha value is -0.0900. The van der Waals surface area contributed by atoms with Crippen LogP contribution in [0.4, 0.5) is 0 Å². The molecule has 1 N–H and O–H groups in total. The van der Waals surface area contributed by atoms with Gasteiger partial charge in [0.2, 0.25) is 0 Å². The summed E-state index contributed by atoms with van der Waals surface area (Å²) in [7, 11) is 0. The third-order valence-corrected chi connectivity index (χ3v) is 4.67. The summed E-state index contributed by atoms with van der Waals surface area (Å²) in [5.74, 6) is 2.36. The molecule has 1 aliphatic carbocycles. The highest BCUT2D eigenvalue weighted by Crippen LogP contribution is 2.43. The van der Waals surface area contributed by atoms with Gasteiger partial charge in [0.1, 0.15) is 10.1 Å². The summed E-state index contributed by atoms with van der Waals surface area (Å²) in [6.45, 7) is 1.71. The van der Waals surface area contributed by atoms with Crippen molar-refractivity contribution in [3.63, 3.8) is 0 Å². The van der Waals surface area contributed by atoms with Crippen LogP contribution in [-0.2, 0) is 4.79 Å². The molecule has 4 heteroatoms. The summed E-state index contributed by atoms with van der Waals surface area (Å²) >= 11 is 6.99. The SMILES string of the molecule is CC(=O)C1C[C@@H]1C1CCCCSC(=S)N1. The maximum Gasteiger partial charge on any atom is 0.133 e. The predicted octanol–water partition coefficient (Wildman–Crippen LogP) is 2.37. The number of hydrogen-bond donors (Lipinski definition) is 1. The van der Waals surface area contributed by atoms with Crippen molar-refractivity contribution in [1.29, 1.82) is 0 Å². The molecule has 1 saturated carbocycles. The fourth-order valence-electron chi connectivity index (χ4n) is 2.34. The van der Waals surface area contributed by atoms with E-state index in [1.54, 1.807) is 18.7 Å². The van der Waals surface area contributed by atoms with E-state index < -0.39 is 0 Å². The largest absolute Gasteiger partial charge is 0.368 e. The van der Waals surface area contributed by atoms with Crippen molar-refractivity contribution in [2.45, 2.75) is 38.6 Å². The van der Waals surface area contributed by atoms with Crippen LogP contribution in [0.25, 0.3) is 0 Å². The molecule has 1 saturated heterocycles. The van der Waals surface area contributed by atoms with Gasteiger partial charge in [0.15, 0.2) is 0 Å². The van der Waals surface area contributed by atoms with Crippen molar-refractivity contribution in [2.75, 3.05) is 5.75 Å². The van der Waals surface area contributed by atoms with Gasteiger partial charge < -0.3 is 5.32 Å². The molecule has 0 radical (unpaired) electrons. The van der Waals surface area contributed by atoms with Crippen LogP contribution < -0.4 is 5.32 Å². The Balaban J connectivity index is 1.90. The first-order valence-electron chi connectivity index (χ1n) is 5.62. The fourth-order valence-corrected chi connectivity index (χ4v) is 3.51. The van der Waals surface area contributed by atoms with E-state index >= 15 is 0 Å². The number of rotatable bonds is 2. The molecule has 0 amide bonds. The molecule has 84 valence electrons. The molecular formula is C11H17NOS2. The van der Waals surface area contributed by atoms with Crippen LogP contribution in [0, 0.1) is 11.8 Å². The summed E-state index contributed by atoms with van der Waals surface area (Å²) in [4.78, 5) is 11.2. The summed E-state index contributed by atoms with van der Waals surface area (Å²) in [6.07, 6.45) is 4.75. The lowest BCUT2D eigenvalue weighted by Crippen LogP contribution is -2.36. The van der Waals surface area contributed by atoms with Crippen molar-refractivity contribution >= 4 is 34.1 Å². The second-order valence-electron chi connectivity index (χ2n) is 4.50. The van der Waals surface area contributed by atoms with Crippen molar-refractivity contribution in [2.24, 2.45) is 11.8 Å². The molecule has 2 nitrogen and oxygen atoms in total. The van der Waals surface area contributed by atoms with Crippen LogP contribution in [0.5, 0.6) is 0 Å². The number of thiocarbonyl (C=S) groups is 1. The fraction of sp³-hybridized carbons (Fsp3) is 0.818. The lowest BCUT2D eigenvalue weighted by Gasteiger charge is -2.22. The molecule has 3 atom stereocenters. The first-order valence-corrected chi connectivity index (χ1v) is 7.01. The van der Waals surface area contributed by atoms with Crippen molar-refractivity contribution in [1.82, 2.24) is 5.32 Å². The van der Waals surface area contributed by atoms with Gasteiger partial charge in [-0.2, -0.15) is 0 Å². The zero-order valence-corrected chi connectivity index (χ0v) is 10.6. The number of nitrogens with one attached hydrogen (secondary N) is 1. The Morgan fingerprint density at radius 3 is 3.00 bits per heavy atom. The van der Waals surface area contributed by atoms with Crippen LogP contribution >= 0.6 is 24.0 Å². The standard InChI is InChI=1S/C11H17NOS2/c1-7(13)8-6-9(8)10-4-2-3-5-15-11(14)12-10/h8-10H,2-6H2,1H3,(H,12,14)/t8?,9-,10?/m0/s1. The van der Waals surface area contributed by atoms with Gasteiger partial charge in [-0.25, -0.2) is 0 Å². The topological polar surface area (TPSA) is 29.1 Å². The van der Waals surface area contributed by atoms with Gasteiger partial charge in [-0.15, -0.1) is 0 Å². The number of ketones is 1. The zero-order valence-electron chi connectivity index (χ0n) is 8.99. The average molecular weight is 243 g/mol. The summed E-state index contributed by atoms with van der Waals surface area (Å²) < 4.78 is 0.925. The first-order chi connectivity index (χ1) is 7.18. The maximum absolute atomic E-state index is 11.2. The minimum atomic E-state index is 0.315. The number of thioether (sulfide) groups is 1. The summed E-state index contributed by atoms with van der Waals surface area (Å²) in [6, 6.07) is 0.458. The summed E-state index contributed by atoms with van der Waals surface area (Å²) in [5, 5.41) is 3.41. The van der Waals surface area contributed by atoms with E-state index in [-0.39, 0.29) is 0 Å². The highest BCUT2D eigenvalue weighted by Gasteiger charge is 2.45. The molecule has 2 aliphatic rings. The van der Waals surface area contributed by atoms with Gasteiger partial charge in [0, 0.05) is 17.7 Å². The van der Waals surface area contributed by atoms with Gasteiger partial charge >= 0.3 is 0 Å². The van der Waals surface area contributed by atoms with Gasteiger partial charge in [-0.3, -0.25) is 4.79 Å². The quantitative estimate of drug-likeness (QED) is 0.754. The summed E-state index contributed by atoms with van der Waals surface area (Å²) in [5.41, 5.74) is 0.